The van der Waals surface area contributed by atoms with Crippen LogP contribution in [-0.2, 0) is 11.3 Å². The predicted molar refractivity (Wildman–Crippen MR) is 92.9 cm³/mol. The number of benzene rings is 2. The second-order valence-electron chi connectivity index (χ2n) is 5.99. The summed E-state index contributed by atoms with van der Waals surface area (Å²) in [5.41, 5.74) is 0.992. The molecule has 0 spiro atoms. The minimum absolute atomic E-state index is 0.0553. The van der Waals surface area contributed by atoms with Crippen molar-refractivity contribution in [3.63, 3.8) is 0 Å². The monoisotopic (exact) mass is 396 g/mol. The van der Waals surface area contributed by atoms with Gasteiger partial charge in [0, 0.05) is 12.6 Å². The maximum Gasteiger partial charge on any atom is 0.258 e. The van der Waals surface area contributed by atoms with Crippen LogP contribution in [0.4, 0.5) is 8.78 Å². The minimum atomic E-state index is -2.73. The van der Waals surface area contributed by atoms with E-state index < -0.39 is 42.3 Å². The summed E-state index contributed by atoms with van der Waals surface area (Å²) in [5.74, 6) is -2.38. The van der Waals surface area contributed by atoms with Crippen LogP contribution in [0.25, 0.3) is 0 Å². The number of amides is 2. The maximum atomic E-state index is 13.0. The number of nitrogens with zero attached hydrogens (tertiary/aromatic N) is 1. The van der Waals surface area contributed by atoms with Crippen LogP contribution in [0.15, 0.2) is 36.4 Å². The van der Waals surface area contributed by atoms with Crippen molar-refractivity contribution in [3.8, 4) is 11.5 Å². The second-order valence-corrected chi connectivity index (χ2v) is 6.40. The molecule has 1 unspecified atom stereocenters. The largest absolute Gasteiger partial charge is 0.507 e. The van der Waals surface area contributed by atoms with E-state index in [1.165, 1.54) is 0 Å². The summed E-state index contributed by atoms with van der Waals surface area (Å²) in [6.07, 6.45) is -2.73. The number of carbonyl (C=O) groups excluding carboxylic acids is 2. The van der Waals surface area contributed by atoms with Crippen molar-refractivity contribution in [2.24, 2.45) is 0 Å². The highest BCUT2D eigenvalue weighted by Crippen LogP contribution is 2.38. The third kappa shape index (κ3) is 3.66. The Kier molecular flexibility index (Phi) is 5.18. The van der Waals surface area contributed by atoms with Crippen molar-refractivity contribution in [1.82, 2.24) is 10.2 Å². The predicted octanol–water partition coefficient (Wildman–Crippen LogP) is 2.83. The van der Waals surface area contributed by atoms with Gasteiger partial charge in [0.05, 0.1) is 17.1 Å². The van der Waals surface area contributed by atoms with Crippen LogP contribution in [0.5, 0.6) is 11.5 Å². The highest BCUT2D eigenvalue weighted by Gasteiger charge is 2.39. The molecule has 1 aliphatic rings. The fourth-order valence-corrected chi connectivity index (χ4v) is 3.17. The van der Waals surface area contributed by atoms with Gasteiger partial charge in [-0.15, -0.1) is 0 Å². The minimum Gasteiger partial charge on any atom is -0.507 e. The lowest BCUT2D eigenvalue weighted by molar-refractivity contribution is -0.126. The van der Waals surface area contributed by atoms with E-state index >= 15 is 0 Å². The van der Waals surface area contributed by atoms with Crippen LogP contribution in [0.3, 0.4) is 0 Å². The van der Waals surface area contributed by atoms with Crippen molar-refractivity contribution in [3.05, 3.63) is 58.1 Å². The fraction of sp³-hybridized carbons (Fsp3) is 0.222. The number of halogens is 3. The Balaban J connectivity index is 1.97. The first-order valence-electron chi connectivity index (χ1n) is 7.95. The average molecular weight is 397 g/mol. The van der Waals surface area contributed by atoms with Crippen LogP contribution in [0.1, 0.15) is 27.5 Å². The molecule has 2 aromatic rings. The topological polar surface area (TPSA) is 89.9 Å². The molecular formula is C18H15ClF2N2O4. The van der Waals surface area contributed by atoms with E-state index in [1.54, 1.807) is 24.3 Å². The molecule has 27 heavy (non-hydrogen) atoms. The van der Waals surface area contributed by atoms with Gasteiger partial charge in [-0.3, -0.25) is 9.59 Å². The molecule has 0 saturated heterocycles. The van der Waals surface area contributed by atoms with Crippen LogP contribution in [0.2, 0.25) is 5.02 Å². The van der Waals surface area contributed by atoms with E-state index in [2.05, 4.69) is 5.32 Å². The third-order valence-electron chi connectivity index (χ3n) is 4.24. The molecule has 1 atom stereocenters. The van der Waals surface area contributed by atoms with Crippen LogP contribution in [0, 0.1) is 0 Å². The first-order valence-corrected chi connectivity index (χ1v) is 8.33. The number of hydrogen-bond acceptors (Lipinski definition) is 4. The number of alkyl halides is 2. The van der Waals surface area contributed by atoms with Crippen molar-refractivity contribution < 1.29 is 28.6 Å². The highest BCUT2D eigenvalue weighted by molar-refractivity contribution is 6.32. The number of rotatable bonds is 4. The number of fused-ring (bicyclic) bond motifs is 1. The molecule has 9 heteroatoms. The highest BCUT2D eigenvalue weighted by atomic mass is 35.5. The number of phenols is 2. The van der Waals surface area contributed by atoms with E-state index in [0.29, 0.717) is 11.1 Å². The number of phenolic OH excluding ortho intramolecular Hbond substituents is 2. The molecule has 1 heterocycles. The number of carbonyl (C=O) groups is 2. The first kappa shape index (κ1) is 18.9. The van der Waals surface area contributed by atoms with Gasteiger partial charge in [0.25, 0.3) is 12.3 Å². The molecule has 0 bridgehead atoms. The molecular weight excluding hydrogens is 382 g/mol. The van der Waals surface area contributed by atoms with Crippen LogP contribution < -0.4 is 5.32 Å². The van der Waals surface area contributed by atoms with E-state index in [4.69, 9.17) is 11.6 Å². The molecule has 3 rings (SSSR count). The van der Waals surface area contributed by atoms with Gasteiger partial charge in [-0.1, -0.05) is 35.9 Å². The Morgan fingerprint density at radius 2 is 1.93 bits per heavy atom. The van der Waals surface area contributed by atoms with Crippen molar-refractivity contribution in [2.75, 3.05) is 6.54 Å². The molecule has 0 fully saturated rings. The zero-order valence-corrected chi connectivity index (χ0v) is 14.6. The normalized spacial score (nSPS) is 15.7. The lowest BCUT2D eigenvalue weighted by Crippen LogP contribution is -2.41. The van der Waals surface area contributed by atoms with Gasteiger partial charge in [-0.25, -0.2) is 8.78 Å². The summed E-state index contributed by atoms with van der Waals surface area (Å²) in [6, 6.07) is 7.65. The summed E-state index contributed by atoms with van der Waals surface area (Å²) >= 11 is 5.81. The van der Waals surface area contributed by atoms with Gasteiger partial charge in [0.1, 0.15) is 17.5 Å². The second kappa shape index (κ2) is 7.40. The van der Waals surface area contributed by atoms with Gasteiger partial charge in [0.2, 0.25) is 5.91 Å². The molecule has 6 nitrogen and oxygen atoms in total. The Labute approximate surface area is 158 Å². The Morgan fingerprint density at radius 1 is 1.22 bits per heavy atom. The molecule has 0 radical (unpaired) electrons. The summed E-state index contributed by atoms with van der Waals surface area (Å²) in [7, 11) is 0. The van der Waals surface area contributed by atoms with Gasteiger partial charge in [-0.05, 0) is 17.2 Å². The molecule has 0 saturated carbocycles. The van der Waals surface area contributed by atoms with E-state index in [-0.39, 0.29) is 17.1 Å². The molecule has 2 aromatic carbocycles. The van der Waals surface area contributed by atoms with Gasteiger partial charge in [-0.2, -0.15) is 0 Å². The zero-order valence-electron chi connectivity index (χ0n) is 13.8. The molecule has 0 aromatic heterocycles. The lowest BCUT2D eigenvalue weighted by atomic mass is 10.0. The summed E-state index contributed by atoms with van der Waals surface area (Å²) < 4.78 is 24.9. The number of aromatic hydroxyl groups is 2. The van der Waals surface area contributed by atoms with E-state index in [1.807, 2.05) is 0 Å². The van der Waals surface area contributed by atoms with Crippen molar-refractivity contribution in [1.29, 1.82) is 0 Å². The summed E-state index contributed by atoms with van der Waals surface area (Å²) in [5, 5.41) is 21.5. The maximum absolute atomic E-state index is 13.0. The number of hydrogen-bond donors (Lipinski definition) is 3. The van der Waals surface area contributed by atoms with Gasteiger partial charge < -0.3 is 20.4 Å². The van der Waals surface area contributed by atoms with Crippen molar-refractivity contribution in [2.45, 2.75) is 19.0 Å². The van der Waals surface area contributed by atoms with Crippen LogP contribution in [-0.4, -0.2) is 39.9 Å². The summed E-state index contributed by atoms with van der Waals surface area (Å²) in [6.45, 7) is -0.782. The molecule has 3 N–H and O–H groups in total. The quantitative estimate of drug-likeness (QED) is 0.741. The SMILES string of the molecule is O=C(NCC(F)F)C1c2ccccc2CN1C(=O)c1cc(Cl)c(O)cc1O. The van der Waals surface area contributed by atoms with Crippen molar-refractivity contribution >= 4 is 23.4 Å². The standard InChI is InChI=1S/C18H15ClF2N2O4/c19-12-5-11(13(24)6-14(12)25)18(27)23-8-9-3-1-2-4-10(9)16(23)17(26)22-7-15(20)21/h1-6,15-16,24-25H,7-8H2,(H,22,26). The van der Waals surface area contributed by atoms with E-state index in [0.717, 1.165) is 17.0 Å². The molecule has 2 amide bonds. The van der Waals surface area contributed by atoms with E-state index in [9.17, 15) is 28.6 Å². The number of nitrogens with one attached hydrogen (secondary N) is 1. The Hall–Kier alpha value is -2.87. The van der Waals surface area contributed by atoms with Gasteiger partial charge >= 0.3 is 0 Å². The average Bonchev–Trinajstić information content (AvgIpc) is 3.01. The fourth-order valence-electron chi connectivity index (χ4n) is 3.01. The summed E-state index contributed by atoms with van der Waals surface area (Å²) in [4.78, 5) is 26.6. The Bertz CT molecular complexity index is 907. The molecule has 142 valence electrons. The molecule has 1 aliphatic heterocycles. The molecule has 0 aliphatic carbocycles. The van der Waals surface area contributed by atoms with Crippen LogP contribution >= 0.6 is 11.6 Å². The van der Waals surface area contributed by atoms with Gasteiger partial charge in [0.15, 0.2) is 0 Å². The smallest absolute Gasteiger partial charge is 0.258 e. The first-order chi connectivity index (χ1) is 12.8. The third-order valence-corrected chi connectivity index (χ3v) is 4.54. The Morgan fingerprint density at radius 3 is 2.63 bits per heavy atom. The lowest BCUT2D eigenvalue weighted by Gasteiger charge is -2.25. The zero-order chi connectivity index (χ0) is 19.7.